The first-order chi connectivity index (χ1) is 5.81. The summed E-state index contributed by atoms with van der Waals surface area (Å²) in [6.07, 6.45) is 0.921. The molecule has 0 N–H and O–H groups in total. The number of hydrogen-bond donors (Lipinski definition) is 0. The Morgan fingerprint density at radius 3 is 2.23 bits per heavy atom. The van der Waals surface area contributed by atoms with Gasteiger partial charge in [0.25, 0.3) is 0 Å². The fourth-order valence-corrected chi connectivity index (χ4v) is 1.38. The largest absolute Gasteiger partial charge is 0.460 e. The molecule has 1 saturated carbocycles. The highest BCUT2D eigenvalue weighted by Crippen LogP contribution is 2.44. The van der Waals surface area contributed by atoms with Gasteiger partial charge in [-0.2, -0.15) is 0 Å². The van der Waals surface area contributed by atoms with Gasteiger partial charge in [0, 0.05) is 0 Å². The topological polar surface area (TPSA) is 26.3 Å². The Balaban J connectivity index is 2.40. The van der Waals surface area contributed by atoms with Crippen LogP contribution >= 0.6 is 0 Å². The van der Waals surface area contributed by atoms with Gasteiger partial charge in [0.15, 0.2) is 0 Å². The van der Waals surface area contributed by atoms with Crippen molar-refractivity contribution in [1.82, 2.24) is 0 Å². The summed E-state index contributed by atoms with van der Waals surface area (Å²) in [6, 6.07) is 0. The zero-order chi connectivity index (χ0) is 10.2. The molecule has 0 radical (unpaired) electrons. The van der Waals surface area contributed by atoms with Crippen molar-refractivity contribution in [2.45, 2.75) is 39.7 Å². The highest BCUT2D eigenvalue weighted by atomic mass is 16.6. The van der Waals surface area contributed by atoms with E-state index in [1.54, 1.807) is 0 Å². The lowest BCUT2D eigenvalue weighted by Crippen LogP contribution is -2.25. The van der Waals surface area contributed by atoms with Gasteiger partial charge in [-0.1, -0.05) is 12.2 Å². The van der Waals surface area contributed by atoms with Gasteiger partial charge >= 0.3 is 5.97 Å². The van der Waals surface area contributed by atoms with Gasteiger partial charge in [0.05, 0.1) is 5.92 Å². The Labute approximate surface area is 80.0 Å². The molecule has 2 atom stereocenters. The molecular formula is C11H18O2. The number of esters is 1. The molecule has 13 heavy (non-hydrogen) atoms. The summed E-state index contributed by atoms with van der Waals surface area (Å²) < 4.78 is 5.26. The van der Waals surface area contributed by atoms with Crippen molar-refractivity contribution in [3.05, 3.63) is 12.2 Å². The number of carbonyl (C=O) groups is 1. The SMILES string of the molecule is C=C(C)C1CC1C(=O)OC(C)(C)C. The predicted molar refractivity (Wildman–Crippen MR) is 52.3 cm³/mol. The van der Waals surface area contributed by atoms with Crippen molar-refractivity contribution in [3.8, 4) is 0 Å². The third kappa shape index (κ3) is 2.87. The zero-order valence-electron chi connectivity index (χ0n) is 8.89. The van der Waals surface area contributed by atoms with E-state index in [0.29, 0.717) is 5.92 Å². The molecule has 1 fully saturated rings. The van der Waals surface area contributed by atoms with E-state index in [9.17, 15) is 4.79 Å². The minimum Gasteiger partial charge on any atom is -0.460 e. The monoisotopic (exact) mass is 182 g/mol. The number of hydrogen-bond acceptors (Lipinski definition) is 2. The van der Waals surface area contributed by atoms with Gasteiger partial charge in [-0.3, -0.25) is 4.79 Å². The van der Waals surface area contributed by atoms with Crippen LogP contribution in [0.25, 0.3) is 0 Å². The molecule has 0 aromatic heterocycles. The molecule has 0 bridgehead atoms. The summed E-state index contributed by atoms with van der Waals surface area (Å²) in [6.45, 7) is 11.5. The molecule has 0 heterocycles. The Kier molecular flexibility index (Phi) is 2.51. The molecule has 2 nitrogen and oxygen atoms in total. The summed E-state index contributed by atoms with van der Waals surface area (Å²) in [5, 5.41) is 0. The number of rotatable bonds is 2. The maximum Gasteiger partial charge on any atom is 0.310 e. The zero-order valence-corrected chi connectivity index (χ0v) is 8.89. The lowest BCUT2D eigenvalue weighted by molar-refractivity contribution is -0.156. The van der Waals surface area contributed by atoms with Crippen LogP contribution in [0.3, 0.4) is 0 Å². The second kappa shape index (κ2) is 3.17. The van der Waals surface area contributed by atoms with Crippen LogP contribution in [0.15, 0.2) is 12.2 Å². The Bertz CT molecular complexity index is 235. The number of carbonyl (C=O) groups excluding carboxylic acids is 1. The first-order valence-corrected chi connectivity index (χ1v) is 4.69. The second-order valence-electron chi connectivity index (χ2n) is 4.83. The highest BCUT2D eigenvalue weighted by Gasteiger charge is 2.45. The van der Waals surface area contributed by atoms with Gasteiger partial charge in [0.1, 0.15) is 5.60 Å². The van der Waals surface area contributed by atoms with E-state index >= 15 is 0 Å². The van der Waals surface area contributed by atoms with E-state index in [0.717, 1.165) is 12.0 Å². The predicted octanol–water partition coefficient (Wildman–Crippen LogP) is 2.54. The van der Waals surface area contributed by atoms with Crippen molar-refractivity contribution in [2.24, 2.45) is 11.8 Å². The Hall–Kier alpha value is -0.790. The smallest absolute Gasteiger partial charge is 0.310 e. The van der Waals surface area contributed by atoms with Crippen molar-refractivity contribution < 1.29 is 9.53 Å². The molecule has 1 aliphatic carbocycles. The standard InChI is InChI=1S/C11H18O2/c1-7(2)8-6-9(8)10(12)13-11(3,4)5/h8-9H,1,6H2,2-5H3. The van der Waals surface area contributed by atoms with E-state index in [2.05, 4.69) is 6.58 Å². The highest BCUT2D eigenvalue weighted by molar-refractivity contribution is 5.76. The van der Waals surface area contributed by atoms with Crippen LogP contribution in [0.1, 0.15) is 34.1 Å². The summed E-state index contributed by atoms with van der Waals surface area (Å²) in [7, 11) is 0. The molecule has 0 aromatic carbocycles. The second-order valence-corrected chi connectivity index (χ2v) is 4.83. The Morgan fingerprint density at radius 2 is 1.92 bits per heavy atom. The van der Waals surface area contributed by atoms with Gasteiger partial charge in [-0.05, 0) is 40.0 Å². The van der Waals surface area contributed by atoms with Crippen molar-refractivity contribution in [1.29, 1.82) is 0 Å². The van der Waals surface area contributed by atoms with E-state index in [-0.39, 0.29) is 17.5 Å². The summed E-state index contributed by atoms with van der Waals surface area (Å²) in [5.41, 5.74) is 0.732. The summed E-state index contributed by atoms with van der Waals surface area (Å²) in [5.74, 6) is 0.382. The maximum atomic E-state index is 11.5. The van der Waals surface area contributed by atoms with Crippen LogP contribution in [-0.2, 0) is 9.53 Å². The average Bonchev–Trinajstić information content (AvgIpc) is 2.58. The van der Waals surface area contributed by atoms with Crippen LogP contribution < -0.4 is 0 Å². The maximum absolute atomic E-state index is 11.5. The lowest BCUT2D eigenvalue weighted by atomic mass is 10.1. The van der Waals surface area contributed by atoms with E-state index in [1.165, 1.54) is 0 Å². The fraction of sp³-hybridized carbons (Fsp3) is 0.727. The number of ether oxygens (including phenoxy) is 1. The van der Waals surface area contributed by atoms with E-state index < -0.39 is 0 Å². The molecule has 0 aliphatic heterocycles. The van der Waals surface area contributed by atoms with Crippen molar-refractivity contribution in [2.75, 3.05) is 0 Å². The molecule has 0 saturated heterocycles. The van der Waals surface area contributed by atoms with Crippen molar-refractivity contribution >= 4 is 5.97 Å². The van der Waals surface area contributed by atoms with Gasteiger partial charge in [0.2, 0.25) is 0 Å². The summed E-state index contributed by atoms with van der Waals surface area (Å²) in [4.78, 5) is 11.5. The van der Waals surface area contributed by atoms with Crippen LogP contribution in [0.2, 0.25) is 0 Å². The molecule has 1 rings (SSSR count). The van der Waals surface area contributed by atoms with Gasteiger partial charge < -0.3 is 4.74 Å². The molecule has 0 spiro atoms. The average molecular weight is 182 g/mol. The van der Waals surface area contributed by atoms with E-state index in [1.807, 2.05) is 27.7 Å². The van der Waals surface area contributed by atoms with Gasteiger partial charge in [-0.15, -0.1) is 0 Å². The molecule has 0 amide bonds. The first-order valence-electron chi connectivity index (χ1n) is 4.69. The van der Waals surface area contributed by atoms with Gasteiger partial charge in [-0.25, -0.2) is 0 Å². The molecule has 0 aromatic rings. The van der Waals surface area contributed by atoms with Crippen LogP contribution in [0.5, 0.6) is 0 Å². The quantitative estimate of drug-likeness (QED) is 0.484. The van der Waals surface area contributed by atoms with Crippen LogP contribution in [0, 0.1) is 11.8 Å². The third-order valence-corrected chi connectivity index (χ3v) is 2.13. The fourth-order valence-electron chi connectivity index (χ4n) is 1.38. The Morgan fingerprint density at radius 1 is 1.38 bits per heavy atom. The normalized spacial score (nSPS) is 26.8. The minimum atomic E-state index is -0.362. The minimum absolute atomic E-state index is 0.0690. The van der Waals surface area contributed by atoms with Crippen LogP contribution in [0.4, 0.5) is 0 Å². The molecule has 2 heteroatoms. The number of allylic oxidation sites excluding steroid dienone is 1. The molecule has 74 valence electrons. The lowest BCUT2D eigenvalue weighted by Gasteiger charge is -2.19. The first kappa shape index (κ1) is 10.3. The summed E-state index contributed by atoms with van der Waals surface area (Å²) >= 11 is 0. The molecule has 1 aliphatic rings. The molecular weight excluding hydrogens is 164 g/mol. The van der Waals surface area contributed by atoms with Crippen molar-refractivity contribution in [3.63, 3.8) is 0 Å². The third-order valence-electron chi connectivity index (χ3n) is 2.13. The van der Waals surface area contributed by atoms with Crippen LogP contribution in [-0.4, -0.2) is 11.6 Å². The van der Waals surface area contributed by atoms with E-state index in [4.69, 9.17) is 4.74 Å². The molecule has 2 unspecified atom stereocenters.